The summed E-state index contributed by atoms with van der Waals surface area (Å²) in [6.45, 7) is 6.86. The van der Waals surface area contributed by atoms with Gasteiger partial charge in [0.15, 0.2) is 5.96 Å². The second kappa shape index (κ2) is 8.74. The van der Waals surface area contributed by atoms with Crippen LogP contribution in [-0.4, -0.2) is 43.8 Å². The van der Waals surface area contributed by atoms with E-state index in [1.54, 1.807) is 0 Å². The molecule has 0 saturated carbocycles. The first-order valence-electron chi connectivity index (χ1n) is 9.36. The van der Waals surface area contributed by atoms with Gasteiger partial charge in [-0.3, -0.25) is 4.99 Å². The van der Waals surface area contributed by atoms with Crippen molar-refractivity contribution in [2.24, 2.45) is 4.99 Å². The van der Waals surface area contributed by atoms with Crippen molar-refractivity contribution in [1.82, 2.24) is 15.8 Å². The topological polar surface area (TPSA) is 65.7 Å². The Hall–Kier alpha value is -2.50. The first-order valence-corrected chi connectivity index (χ1v) is 9.36. The Labute approximate surface area is 155 Å². The first-order chi connectivity index (χ1) is 12.7. The number of aromatic nitrogens is 1. The molecule has 1 aromatic heterocycles. The summed E-state index contributed by atoms with van der Waals surface area (Å²) in [5.74, 6) is 1.76. The van der Waals surface area contributed by atoms with E-state index in [1.165, 1.54) is 17.7 Å². The van der Waals surface area contributed by atoms with Gasteiger partial charge in [0.1, 0.15) is 5.76 Å². The first kappa shape index (κ1) is 18.3. The summed E-state index contributed by atoms with van der Waals surface area (Å²) in [5.41, 5.74) is 3.44. The standard InChI is InChI=1S/C20H29N5O/c1-15-19(16(2)26-24-15)11-12-22-20(21-3)23-17-8-7-13-25(14-17)18-9-5-4-6-10-18/h4-6,9-10,17H,7-8,11-14H2,1-3H3,(H2,21,22,23). The molecule has 3 rings (SSSR count). The fourth-order valence-electron chi connectivity index (χ4n) is 3.52. The average molecular weight is 355 g/mol. The molecule has 1 unspecified atom stereocenters. The van der Waals surface area contributed by atoms with Crippen LogP contribution in [0.4, 0.5) is 5.69 Å². The Balaban J connectivity index is 1.50. The van der Waals surface area contributed by atoms with Gasteiger partial charge in [0.2, 0.25) is 0 Å². The van der Waals surface area contributed by atoms with E-state index in [0.29, 0.717) is 6.04 Å². The predicted molar refractivity (Wildman–Crippen MR) is 106 cm³/mol. The summed E-state index contributed by atoms with van der Waals surface area (Å²) in [7, 11) is 1.82. The van der Waals surface area contributed by atoms with Crippen molar-refractivity contribution in [2.45, 2.75) is 39.2 Å². The van der Waals surface area contributed by atoms with Crippen LogP contribution in [0, 0.1) is 13.8 Å². The second-order valence-electron chi connectivity index (χ2n) is 6.82. The average Bonchev–Trinajstić information content (AvgIpc) is 3.00. The zero-order valence-electron chi connectivity index (χ0n) is 16.0. The number of aliphatic imine (C=N–C) groups is 1. The molecule has 0 spiro atoms. The largest absolute Gasteiger partial charge is 0.369 e. The van der Waals surface area contributed by atoms with Crippen LogP contribution in [0.15, 0.2) is 39.8 Å². The number of para-hydroxylation sites is 1. The van der Waals surface area contributed by atoms with E-state index >= 15 is 0 Å². The minimum absolute atomic E-state index is 0.397. The number of hydrogen-bond acceptors (Lipinski definition) is 4. The molecule has 1 aliphatic rings. The van der Waals surface area contributed by atoms with E-state index in [4.69, 9.17) is 4.52 Å². The van der Waals surface area contributed by atoms with Gasteiger partial charge in [-0.1, -0.05) is 23.4 Å². The van der Waals surface area contributed by atoms with Gasteiger partial charge >= 0.3 is 0 Å². The van der Waals surface area contributed by atoms with Crippen LogP contribution < -0.4 is 15.5 Å². The van der Waals surface area contributed by atoms with E-state index in [-0.39, 0.29) is 0 Å². The maximum atomic E-state index is 5.23. The molecular weight excluding hydrogens is 326 g/mol. The quantitative estimate of drug-likeness (QED) is 0.638. The van der Waals surface area contributed by atoms with Crippen LogP contribution in [0.3, 0.4) is 0 Å². The molecule has 1 fully saturated rings. The van der Waals surface area contributed by atoms with Gasteiger partial charge < -0.3 is 20.1 Å². The molecule has 6 heteroatoms. The smallest absolute Gasteiger partial charge is 0.191 e. The third kappa shape index (κ3) is 4.56. The van der Waals surface area contributed by atoms with Crippen molar-refractivity contribution in [1.29, 1.82) is 0 Å². The zero-order valence-corrected chi connectivity index (χ0v) is 16.0. The maximum Gasteiger partial charge on any atom is 0.191 e. The highest BCUT2D eigenvalue weighted by Gasteiger charge is 2.21. The Kier molecular flexibility index (Phi) is 6.15. The number of anilines is 1. The molecule has 1 saturated heterocycles. The van der Waals surface area contributed by atoms with Crippen LogP contribution in [0.2, 0.25) is 0 Å². The summed E-state index contributed by atoms with van der Waals surface area (Å²) >= 11 is 0. The van der Waals surface area contributed by atoms with Crippen molar-refractivity contribution in [3.8, 4) is 0 Å². The van der Waals surface area contributed by atoms with Crippen molar-refractivity contribution in [3.05, 3.63) is 47.3 Å². The predicted octanol–water partition coefficient (Wildman–Crippen LogP) is 2.67. The molecule has 1 atom stereocenters. The van der Waals surface area contributed by atoms with Gasteiger partial charge in [-0.05, 0) is 45.2 Å². The van der Waals surface area contributed by atoms with Crippen molar-refractivity contribution < 1.29 is 4.52 Å². The maximum absolute atomic E-state index is 5.23. The summed E-state index contributed by atoms with van der Waals surface area (Å²) in [4.78, 5) is 6.82. The Morgan fingerprint density at radius 3 is 2.81 bits per heavy atom. The monoisotopic (exact) mass is 355 g/mol. The number of rotatable bonds is 5. The minimum atomic E-state index is 0.397. The number of nitrogens with one attached hydrogen (secondary N) is 2. The highest BCUT2D eigenvalue weighted by molar-refractivity contribution is 5.80. The van der Waals surface area contributed by atoms with E-state index in [1.807, 2.05) is 20.9 Å². The van der Waals surface area contributed by atoms with E-state index in [2.05, 4.69) is 56.0 Å². The van der Waals surface area contributed by atoms with Crippen LogP contribution in [0.5, 0.6) is 0 Å². The fraction of sp³-hybridized carbons (Fsp3) is 0.500. The van der Waals surface area contributed by atoms with Gasteiger partial charge in [-0.25, -0.2) is 0 Å². The molecule has 0 radical (unpaired) electrons. The summed E-state index contributed by atoms with van der Waals surface area (Å²) in [6.07, 6.45) is 3.22. The van der Waals surface area contributed by atoms with Gasteiger partial charge in [0, 0.05) is 44.0 Å². The Morgan fingerprint density at radius 1 is 1.31 bits per heavy atom. The van der Waals surface area contributed by atoms with Crippen LogP contribution in [0.1, 0.15) is 29.9 Å². The molecule has 0 amide bonds. The molecular formula is C20H29N5O. The van der Waals surface area contributed by atoms with Gasteiger partial charge in [-0.2, -0.15) is 0 Å². The fourth-order valence-corrected chi connectivity index (χ4v) is 3.52. The molecule has 2 heterocycles. The molecule has 26 heavy (non-hydrogen) atoms. The SMILES string of the molecule is CN=C(NCCc1c(C)noc1C)NC1CCCN(c2ccccc2)C1. The van der Waals surface area contributed by atoms with Crippen LogP contribution in [0.25, 0.3) is 0 Å². The lowest BCUT2D eigenvalue weighted by atomic mass is 10.0. The number of nitrogens with zero attached hydrogens (tertiary/aromatic N) is 3. The summed E-state index contributed by atoms with van der Waals surface area (Å²) in [5, 5.41) is 11.0. The zero-order chi connectivity index (χ0) is 18.4. The number of guanidine groups is 1. The van der Waals surface area contributed by atoms with Crippen molar-refractivity contribution in [3.63, 3.8) is 0 Å². The minimum Gasteiger partial charge on any atom is -0.369 e. The molecule has 2 N–H and O–H groups in total. The lowest BCUT2D eigenvalue weighted by molar-refractivity contribution is 0.392. The third-order valence-corrected chi connectivity index (χ3v) is 4.96. The lowest BCUT2D eigenvalue weighted by Crippen LogP contribution is -2.51. The highest BCUT2D eigenvalue weighted by Crippen LogP contribution is 2.19. The van der Waals surface area contributed by atoms with Crippen molar-refractivity contribution in [2.75, 3.05) is 31.6 Å². The Morgan fingerprint density at radius 2 is 2.12 bits per heavy atom. The molecule has 2 aromatic rings. The van der Waals surface area contributed by atoms with Crippen molar-refractivity contribution >= 4 is 11.6 Å². The summed E-state index contributed by atoms with van der Waals surface area (Å²) < 4.78 is 5.23. The molecule has 1 aliphatic heterocycles. The van der Waals surface area contributed by atoms with Crippen LogP contribution in [-0.2, 0) is 6.42 Å². The molecule has 0 aliphatic carbocycles. The van der Waals surface area contributed by atoms with Gasteiger partial charge in [-0.15, -0.1) is 0 Å². The molecule has 0 bridgehead atoms. The number of aryl methyl sites for hydroxylation is 2. The van der Waals surface area contributed by atoms with E-state index < -0.39 is 0 Å². The van der Waals surface area contributed by atoms with Gasteiger partial charge in [0.05, 0.1) is 5.69 Å². The lowest BCUT2D eigenvalue weighted by Gasteiger charge is -2.35. The van der Waals surface area contributed by atoms with E-state index in [0.717, 1.165) is 49.9 Å². The number of benzene rings is 1. The summed E-state index contributed by atoms with van der Waals surface area (Å²) in [6, 6.07) is 11.0. The van der Waals surface area contributed by atoms with Gasteiger partial charge in [0.25, 0.3) is 0 Å². The highest BCUT2D eigenvalue weighted by atomic mass is 16.5. The normalized spacial score (nSPS) is 18.0. The molecule has 1 aromatic carbocycles. The number of hydrogen-bond donors (Lipinski definition) is 2. The molecule has 6 nitrogen and oxygen atoms in total. The van der Waals surface area contributed by atoms with Crippen LogP contribution >= 0.6 is 0 Å². The second-order valence-corrected chi connectivity index (χ2v) is 6.82. The molecule has 140 valence electrons. The van der Waals surface area contributed by atoms with E-state index in [9.17, 15) is 0 Å². The third-order valence-electron chi connectivity index (χ3n) is 4.96. The Bertz CT molecular complexity index is 706. The number of piperidine rings is 1.